The van der Waals surface area contributed by atoms with Gasteiger partial charge in [0.25, 0.3) is 0 Å². The number of carbonyl (C=O) groups is 1. The number of aryl methyl sites for hydroxylation is 2. The lowest BCUT2D eigenvalue weighted by Crippen LogP contribution is -2.15. The van der Waals surface area contributed by atoms with Crippen LogP contribution in [0.5, 0.6) is 0 Å². The van der Waals surface area contributed by atoms with E-state index in [4.69, 9.17) is 4.42 Å². The summed E-state index contributed by atoms with van der Waals surface area (Å²) in [5.41, 5.74) is 1.53. The largest absolute Gasteiger partial charge is 0.441 e. The lowest BCUT2D eigenvalue weighted by Gasteiger charge is -1.98. The summed E-state index contributed by atoms with van der Waals surface area (Å²) in [5.74, 6) is 1.01. The molecule has 0 aliphatic rings. The van der Waals surface area contributed by atoms with Gasteiger partial charge in [-0.2, -0.15) is 0 Å². The molecule has 0 aliphatic heterocycles. The highest BCUT2D eigenvalue weighted by Gasteiger charge is 2.16. The topological polar surface area (TPSA) is 80.9 Å². The van der Waals surface area contributed by atoms with Gasteiger partial charge in [-0.1, -0.05) is 49.3 Å². The first-order valence-corrected chi connectivity index (χ1v) is 9.61. The highest BCUT2D eigenvalue weighted by molar-refractivity contribution is 7.15. The molecule has 0 unspecified atom stereocenters. The molecule has 0 saturated carbocycles. The molecule has 7 heteroatoms. The van der Waals surface area contributed by atoms with Gasteiger partial charge in [-0.05, 0) is 25.5 Å². The normalized spacial score (nSPS) is 10.8. The van der Waals surface area contributed by atoms with Crippen molar-refractivity contribution in [2.24, 2.45) is 0 Å². The zero-order valence-corrected chi connectivity index (χ0v) is 15.8. The maximum atomic E-state index is 12.3. The van der Waals surface area contributed by atoms with Gasteiger partial charge in [0.1, 0.15) is 10.8 Å². The Kier molecular flexibility index (Phi) is 6.12. The van der Waals surface area contributed by atoms with E-state index in [2.05, 4.69) is 27.4 Å². The minimum absolute atomic E-state index is 0.146. The van der Waals surface area contributed by atoms with Gasteiger partial charge in [-0.15, -0.1) is 10.2 Å². The van der Waals surface area contributed by atoms with Gasteiger partial charge < -0.3 is 9.73 Å². The van der Waals surface area contributed by atoms with Gasteiger partial charge in [0.2, 0.25) is 16.9 Å². The van der Waals surface area contributed by atoms with E-state index < -0.39 is 0 Å². The summed E-state index contributed by atoms with van der Waals surface area (Å²) in [6, 6.07) is 9.64. The number of carbonyl (C=O) groups excluding carboxylic acids is 1. The molecule has 0 spiro atoms. The van der Waals surface area contributed by atoms with Crippen LogP contribution < -0.4 is 5.32 Å². The highest BCUT2D eigenvalue weighted by atomic mass is 32.1. The molecule has 26 heavy (non-hydrogen) atoms. The molecule has 0 bridgehead atoms. The van der Waals surface area contributed by atoms with E-state index in [9.17, 15) is 4.79 Å². The first-order valence-electron chi connectivity index (χ1n) is 8.79. The quantitative estimate of drug-likeness (QED) is 0.594. The second-order valence-corrected chi connectivity index (χ2v) is 7.13. The predicted molar refractivity (Wildman–Crippen MR) is 102 cm³/mol. The molecule has 3 rings (SSSR count). The molecule has 0 fully saturated rings. The standard InChI is InChI=1S/C19H22N4O2S/c1-3-4-6-11-17-22-23-19(26-17)21-16(24)12-15-13(2)25-18(20-15)14-9-7-5-8-10-14/h5,7-10H,3-4,6,11-12H2,1-2H3,(H,21,23,24). The van der Waals surface area contributed by atoms with Crippen molar-refractivity contribution in [2.75, 3.05) is 5.32 Å². The monoisotopic (exact) mass is 370 g/mol. The van der Waals surface area contributed by atoms with E-state index in [0.717, 1.165) is 23.4 Å². The third kappa shape index (κ3) is 4.76. The van der Waals surface area contributed by atoms with E-state index >= 15 is 0 Å². The van der Waals surface area contributed by atoms with Gasteiger partial charge in [-0.25, -0.2) is 4.98 Å². The van der Waals surface area contributed by atoms with Crippen LogP contribution >= 0.6 is 11.3 Å². The van der Waals surface area contributed by atoms with Crippen molar-refractivity contribution in [1.29, 1.82) is 0 Å². The number of amides is 1. The molecule has 0 aliphatic carbocycles. The number of unbranched alkanes of at least 4 members (excludes halogenated alkanes) is 2. The summed E-state index contributed by atoms with van der Waals surface area (Å²) in [5, 5.41) is 12.5. The summed E-state index contributed by atoms with van der Waals surface area (Å²) in [6.45, 7) is 3.99. The number of oxazole rings is 1. The van der Waals surface area contributed by atoms with Crippen molar-refractivity contribution in [1.82, 2.24) is 15.2 Å². The van der Waals surface area contributed by atoms with Crippen molar-refractivity contribution >= 4 is 22.4 Å². The van der Waals surface area contributed by atoms with Crippen molar-refractivity contribution in [3.63, 3.8) is 0 Å². The molecule has 1 aromatic carbocycles. The summed E-state index contributed by atoms with van der Waals surface area (Å²) in [6.07, 6.45) is 4.50. The molecule has 136 valence electrons. The minimum Gasteiger partial charge on any atom is -0.441 e. The summed E-state index contributed by atoms with van der Waals surface area (Å²) in [4.78, 5) is 16.8. The molecule has 2 aromatic heterocycles. The van der Waals surface area contributed by atoms with Crippen LogP contribution in [0.1, 0.15) is 42.6 Å². The molecule has 3 aromatic rings. The average molecular weight is 370 g/mol. The second-order valence-electron chi connectivity index (χ2n) is 6.07. The van der Waals surface area contributed by atoms with Crippen LogP contribution in [0.2, 0.25) is 0 Å². The van der Waals surface area contributed by atoms with Crippen molar-refractivity contribution < 1.29 is 9.21 Å². The van der Waals surface area contributed by atoms with Crippen LogP contribution in [0.15, 0.2) is 34.7 Å². The molecular formula is C19H22N4O2S. The summed E-state index contributed by atoms with van der Waals surface area (Å²) < 4.78 is 5.69. The minimum atomic E-state index is -0.169. The fourth-order valence-corrected chi connectivity index (χ4v) is 3.34. The molecule has 6 nitrogen and oxygen atoms in total. The van der Waals surface area contributed by atoms with E-state index in [-0.39, 0.29) is 12.3 Å². The van der Waals surface area contributed by atoms with Crippen LogP contribution in [0.4, 0.5) is 5.13 Å². The van der Waals surface area contributed by atoms with Crippen molar-refractivity contribution in [2.45, 2.75) is 46.0 Å². The van der Waals surface area contributed by atoms with E-state index in [1.807, 2.05) is 37.3 Å². The number of anilines is 1. The number of nitrogens with one attached hydrogen (secondary N) is 1. The van der Waals surface area contributed by atoms with Crippen LogP contribution in [-0.2, 0) is 17.6 Å². The van der Waals surface area contributed by atoms with Crippen LogP contribution in [-0.4, -0.2) is 21.1 Å². The smallest absolute Gasteiger partial charge is 0.232 e. The lowest BCUT2D eigenvalue weighted by molar-refractivity contribution is -0.115. The van der Waals surface area contributed by atoms with E-state index in [1.165, 1.54) is 24.2 Å². The Hall–Kier alpha value is -2.54. The van der Waals surface area contributed by atoms with Gasteiger partial charge in [-0.3, -0.25) is 4.79 Å². The van der Waals surface area contributed by atoms with Crippen LogP contribution in [0, 0.1) is 6.92 Å². The Morgan fingerprint density at radius 2 is 2.00 bits per heavy atom. The Morgan fingerprint density at radius 1 is 1.19 bits per heavy atom. The van der Waals surface area contributed by atoms with Crippen molar-refractivity contribution in [3.8, 4) is 11.5 Å². The maximum absolute atomic E-state index is 12.3. The van der Waals surface area contributed by atoms with E-state index in [1.54, 1.807) is 0 Å². The van der Waals surface area contributed by atoms with Gasteiger partial charge >= 0.3 is 0 Å². The average Bonchev–Trinajstić information content (AvgIpc) is 3.23. The van der Waals surface area contributed by atoms with Gasteiger partial charge in [0.05, 0.1) is 12.1 Å². The number of aromatic nitrogens is 3. The first kappa shape index (κ1) is 18.3. The Morgan fingerprint density at radius 3 is 2.77 bits per heavy atom. The predicted octanol–water partition coefficient (Wildman–Crippen LogP) is 4.42. The van der Waals surface area contributed by atoms with Gasteiger partial charge in [0, 0.05) is 12.0 Å². The van der Waals surface area contributed by atoms with E-state index in [0.29, 0.717) is 22.5 Å². The summed E-state index contributed by atoms with van der Waals surface area (Å²) >= 11 is 1.43. The Balaban J connectivity index is 1.59. The fourth-order valence-electron chi connectivity index (χ4n) is 2.54. The van der Waals surface area contributed by atoms with Crippen LogP contribution in [0.3, 0.4) is 0 Å². The molecule has 0 radical (unpaired) electrons. The maximum Gasteiger partial charge on any atom is 0.232 e. The SMILES string of the molecule is CCCCCc1nnc(NC(=O)Cc2nc(-c3ccccc3)oc2C)s1. The molecule has 0 saturated heterocycles. The Labute approximate surface area is 156 Å². The zero-order chi connectivity index (χ0) is 18.4. The lowest BCUT2D eigenvalue weighted by atomic mass is 10.2. The second kappa shape index (κ2) is 8.71. The molecular weight excluding hydrogens is 348 g/mol. The molecule has 1 amide bonds. The number of hydrogen-bond acceptors (Lipinski definition) is 6. The molecule has 1 N–H and O–H groups in total. The number of rotatable bonds is 8. The van der Waals surface area contributed by atoms with Crippen molar-refractivity contribution in [3.05, 3.63) is 46.8 Å². The number of hydrogen-bond donors (Lipinski definition) is 1. The third-order valence-corrected chi connectivity index (χ3v) is 4.85. The first-order chi connectivity index (χ1) is 12.7. The highest BCUT2D eigenvalue weighted by Crippen LogP contribution is 2.22. The molecule has 0 atom stereocenters. The van der Waals surface area contributed by atoms with Crippen LogP contribution in [0.25, 0.3) is 11.5 Å². The fraction of sp³-hybridized carbons (Fsp3) is 0.368. The zero-order valence-electron chi connectivity index (χ0n) is 15.0. The third-order valence-electron chi connectivity index (χ3n) is 3.95. The van der Waals surface area contributed by atoms with Gasteiger partial charge in [0.15, 0.2) is 0 Å². The molecule has 2 heterocycles. The Bertz CT molecular complexity index is 858. The number of benzene rings is 1. The summed E-state index contributed by atoms with van der Waals surface area (Å²) in [7, 11) is 0. The number of nitrogens with zero attached hydrogens (tertiary/aromatic N) is 3.